The molecule has 0 atom stereocenters. The number of hydrogen-bond donors (Lipinski definition) is 0. The molecule has 0 aliphatic carbocycles. The van der Waals surface area contributed by atoms with Gasteiger partial charge in [0.05, 0.1) is 18.2 Å². The first-order valence-corrected chi connectivity index (χ1v) is 6.12. The molecule has 0 N–H and O–H groups in total. The predicted octanol–water partition coefficient (Wildman–Crippen LogP) is 4.37. The van der Waals surface area contributed by atoms with E-state index >= 15 is 0 Å². The van der Waals surface area contributed by atoms with Crippen LogP contribution >= 0.6 is 23.2 Å². The van der Waals surface area contributed by atoms with Crippen LogP contribution in [0.4, 0.5) is 4.39 Å². The molecule has 0 aliphatic rings. The maximum absolute atomic E-state index is 13.7. The molecule has 0 aliphatic heterocycles. The van der Waals surface area contributed by atoms with Gasteiger partial charge in [0.1, 0.15) is 11.6 Å². The van der Waals surface area contributed by atoms with Crippen molar-refractivity contribution in [2.45, 2.75) is 0 Å². The van der Waals surface area contributed by atoms with E-state index in [2.05, 4.69) is 0 Å². The van der Waals surface area contributed by atoms with Gasteiger partial charge in [0.15, 0.2) is 5.78 Å². The van der Waals surface area contributed by atoms with Gasteiger partial charge in [-0.2, -0.15) is 0 Å². The second-order valence-corrected chi connectivity index (χ2v) is 4.67. The summed E-state index contributed by atoms with van der Waals surface area (Å²) in [6.45, 7) is 0. The van der Waals surface area contributed by atoms with Gasteiger partial charge in [-0.15, -0.1) is 0 Å². The van der Waals surface area contributed by atoms with Gasteiger partial charge < -0.3 is 4.74 Å². The highest BCUT2D eigenvalue weighted by Gasteiger charge is 2.18. The molecular formula is C14H9Cl2FO2. The lowest BCUT2D eigenvalue weighted by Gasteiger charge is -2.09. The summed E-state index contributed by atoms with van der Waals surface area (Å²) >= 11 is 11.5. The van der Waals surface area contributed by atoms with Crippen LogP contribution in [0.25, 0.3) is 0 Å². The van der Waals surface area contributed by atoms with Crippen molar-refractivity contribution in [3.8, 4) is 5.75 Å². The Morgan fingerprint density at radius 2 is 1.68 bits per heavy atom. The Labute approximate surface area is 119 Å². The van der Waals surface area contributed by atoms with E-state index in [0.717, 1.165) is 6.07 Å². The minimum absolute atomic E-state index is 0.0787. The Balaban J connectivity index is 2.52. The Hall–Kier alpha value is -1.58. The zero-order valence-corrected chi connectivity index (χ0v) is 11.4. The highest BCUT2D eigenvalue weighted by Crippen LogP contribution is 2.26. The summed E-state index contributed by atoms with van der Waals surface area (Å²) in [6.07, 6.45) is 0. The van der Waals surface area contributed by atoms with Crippen LogP contribution in [0.5, 0.6) is 5.75 Å². The summed E-state index contributed by atoms with van der Waals surface area (Å²) < 4.78 is 18.8. The lowest BCUT2D eigenvalue weighted by molar-refractivity contribution is 0.103. The fourth-order valence-corrected chi connectivity index (χ4v) is 2.01. The first-order chi connectivity index (χ1) is 9.02. The molecule has 2 nitrogen and oxygen atoms in total. The van der Waals surface area contributed by atoms with Crippen molar-refractivity contribution in [1.82, 2.24) is 0 Å². The third-order valence-corrected chi connectivity index (χ3v) is 3.05. The van der Waals surface area contributed by atoms with Crippen molar-refractivity contribution in [2.24, 2.45) is 0 Å². The number of carbonyl (C=O) groups is 1. The van der Waals surface area contributed by atoms with E-state index in [0.29, 0.717) is 10.8 Å². The molecule has 0 bridgehead atoms. The van der Waals surface area contributed by atoms with Gasteiger partial charge in [0.2, 0.25) is 0 Å². The standard InChI is InChI=1S/C14H9Cl2FO2/c1-19-13-5-3-8(15)6-11(13)14(18)10-4-2-9(16)7-12(10)17/h2-7H,1H3. The minimum Gasteiger partial charge on any atom is -0.496 e. The summed E-state index contributed by atoms with van der Waals surface area (Å²) in [7, 11) is 1.43. The Morgan fingerprint density at radius 3 is 2.32 bits per heavy atom. The van der Waals surface area contributed by atoms with Gasteiger partial charge in [-0.05, 0) is 36.4 Å². The van der Waals surface area contributed by atoms with Gasteiger partial charge in [0, 0.05) is 10.0 Å². The van der Waals surface area contributed by atoms with Gasteiger partial charge >= 0.3 is 0 Å². The van der Waals surface area contributed by atoms with Crippen LogP contribution in [0.3, 0.4) is 0 Å². The molecule has 0 fully saturated rings. The number of halogens is 3. The molecule has 5 heteroatoms. The van der Waals surface area contributed by atoms with Crippen molar-refractivity contribution in [3.05, 3.63) is 63.4 Å². The molecule has 0 unspecified atom stereocenters. The van der Waals surface area contributed by atoms with Crippen LogP contribution < -0.4 is 4.74 Å². The van der Waals surface area contributed by atoms with Crippen molar-refractivity contribution in [2.75, 3.05) is 7.11 Å². The van der Waals surface area contributed by atoms with Gasteiger partial charge in [0.25, 0.3) is 0 Å². The topological polar surface area (TPSA) is 26.3 Å². The molecule has 2 rings (SSSR count). The van der Waals surface area contributed by atoms with Crippen molar-refractivity contribution < 1.29 is 13.9 Å². The lowest BCUT2D eigenvalue weighted by Crippen LogP contribution is -2.06. The summed E-state index contributed by atoms with van der Waals surface area (Å²) in [4.78, 5) is 12.3. The van der Waals surface area contributed by atoms with Gasteiger partial charge in [-0.25, -0.2) is 4.39 Å². The fourth-order valence-electron chi connectivity index (χ4n) is 1.68. The molecule has 0 spiro atoms. The highest BCUT2D eigenvalue weighted by atomic mass is 35.5. The third kappa shape index (κ3) is 2.88. The van der Waals surface area contributed by atoms with Crippen molar-refractivity contribution >= 4 is 29.0 Å². The van der Waals surface area contributed by atoms with Crippen molar-refractivity contribution in [1.29, 1.82) is 0 Å². The molecule has 0 amide bonds. The maximum Gasteiger partial charge on any atom is 0.199 e. The molecule has 98 valence electrons. The van der Waals surface area contributed by atoms with E-state index in [-0.39, 0.29) is 16.1 Å². The summed E-state index contributed by atoms with van der Waals surface area (Å²) in [5.41, 5.74) is 0.126. The van der Waals surface area contributed by atoms with Crippen LogP contribution in [0, 0.1) is 5.82 Å². The molecule has 2 aromatic carbocycles. The summed E-state index contributed by atoms with van der Waals surface area (Å²) in [5, 5.41) is 0.602. The van der Waals surface area contributed by atoms with Gasteiger partial charge in [-0.1, -0.05) is 23.2 Å². The summed E-state index contributed by atoms with van der Waals surface area (Å²) in [5.74, 6) is -0.850. The Morgan fingerprint density at radius 1 is 1.05 bits per heavy atom. The molecular weight excluding hydrogens is 290 g/mol. The molecule has 0 saturated carbocycles. The average Bonchev–Trinajstić information content (AvgIpc) is 2.38. The van der Waals surface area contributed by atoms with Crippen molar-refractivity contribution in [3.63, 3.8) is 0 Å². The summed E-state index contributed by atoms with van der Waals surface area (Å²) in [6, 6.07) is 8.47. The molecule has 2 aromatic rings. The zero-order valence-electron chi connectivity index (χ0n) is 9.91. The van der Waals surface area contributed by atoms with Crippen LogP contribution in [0.15, 0.2) is 36.4 Å². The molecule has 0 saturated heterocycles. The van der Waals surface area contributed by atoms with Crippen LogP contribution in [-0.4, -0.2) is 12.9 Å². The number of ketones is 1. The number of ether oxygens (including phenoxy) is 1. The molecule has 19 heavy (non-hydrogen) atoms. The van der Waals surface area contributed by atoms with Gasteiger partial charge in [-0.3, -0.25) is 4.79 Å². The van der Waals surface area contributed by atoms with E-state index in [1.54, 1.807) is 12.1 Å². The van der Waals surface area contributed by atoms with Crippen LogP contribution in [-0.2, 0) is 0 Å². The minimum atomic E-state index is -0.681. The lowest BCUT2D eigenvalue weighted by atomic mass is 10.0. The van der Waals surface area contributed by atoms with Crippen LogP contribution in [0.2, 0.25) is 10.0 Å². The normalized spacial score (nSPS) is 10.3. The maximum atomic E-state index is 13.7. The van der Waals surface area contributed by atoms with E-state index in [1.807, 2.05) is 0 Å². The zero-order chi connectivity index (χ0) is 14.0. The quantitative estimate of drug-likeness (QED) is 0.787. The predicted molar refractivity (Wildman–Crippen MR) is 72.8 cm³/mol. The van der Waals surface area contributed by atoms with Crippen LogP contribution in [0.1, 0.15) is 15.9 Å². The van der Waals surface area contributed by atoms with E-state index in [9.17, 15) is 9.18 Å². The molecule has 0 radical (unpaired) electrons. The average molecular weight is 299 g/mol. The number of hydrogen-bond acceptors (Lipinski definition) is 2. The van der Waals surface area contributed by atoms with E-state index in [1.165, 1.54) is 25.3 Å². The Bertz CT molecular complexity index is 641. The number of methoxy groups -OCH3 is 1. The second-order valence-electron chi connectivity index (χ2n) is 3.80. The molecule has 0 heterocycles. The second kappa shape index (κ2) is 5.59. The number of carbonyl (C=O) groups excluding carboxylic acids is 1. The highest BCUT2D eigenvalue weighted by molar-refractivity contribution is 6.31. The smallest absolute Gasteiger partial charge is 0.199 e. The first kappa shape index (κ1) is 13.8. The van der Waals surface area contributed by atoms with E-state index < -0.39 is 11.6 Å². The number of benzene rings is 2. The molecule has 0 aromatic heterocycles. The third-order valence-electron chi connectivity index (χ3n) is 2.58. The fraction of sp³-hybridized carbons (Fsp3) is 0.0714. The largest absolute Gasteiger partial charge is 0.496 e. The monoisotopic (exact) mass is 298 g/mol. The van der Waals surface area contributed by atoms with E-state index in [4.69, 9.17) is 27.9 Å². The Kier molecular flexibility index (Phi) is 4.08. The SMILES string of the molecule is COc1ccc(Cl)cc1C(=O)c1ccc(Cl)cc1F. The first-order valence-electron chi connectivity index (χ1n) is 5.36. The number of rotatable bonds is 3.